The number of aryl methyl sites for hydroxylation is 1. The molecule has 1 saturated heterocycles. The Morgan fingerprint density at radius 2 is 1.80 bits per heavy atom. The second-order valence-electron chi connectivity index (χ2n) is 7.10. The number of hydrogen-bond acceptors (Lipinski definition) is 3. The predicted octanol–water partition coefficient (Wildman–Crippen LogP) is 2.49. The molecule has 20 heavy (non-hydrogen) atoms. The van der Waals surface area contributed by atoms with E-state index in [1.165, 1.54) is 11.3 Å². The third kappa shape index (κ3) is 3.97. The summed E-state index contributed by atoms with van der Waals surface area (Å²) < 4.78 is 0. The largest absolute Gasteiger partial charge is 0.369 e. The van der Waals surface area contributed by atoms with Gasteiger partial charge in [0, 0.05) is 44.5 Å². The molecule has 0 amide bonds. The molecule has 1 atom stereocenters. The maximum absolute atomic E-state index is 6.29. The summed E-state index contributed by atoms with van der Waals surface area (Å²) in [6.07, 6.45) is 0. The highest BCUT2D eigenvalue weighted by atomic mass is 15.3. The van der Waals surface area contributed by atoms with Gasteiger partial charge in [0.15, 0.2) is 0 Å². The molecular formula is C17H29N3. The number of nitrogens with two attached hydrogens (primary N) is 1. The summed E-state index contributed by atoms with van der Waals surface area (Å²) in [7, 11) is 0. The van der Waals surface area contributed by atoms with Crippen molar-refractivity contribution in [3.8, 4) is 0 Å². The zero-order valence-corrected chi connectivity index (χ0v) is 13.4. The van der Waals surface area contributed by atoms with Gasteiger partial charge in [-0.25, -0.2) is 0 Å². The second-order valence-corrected chi connectivity index (χ2v) is 7.10. The smallest absolute Gasteiger partial charge is 0.0369 e. The van der Waals surface area contributed by atoms with Crippen LogP contribution in [0.3, 0.4) is 0 Å². The van der Waals surface area contributed by atoms with Crippen LogP contribution < -0.4 is 10.6 Å². The fourth-order valence-electron chi connectivity index (χ4n) is 2.57. The van der Waals surface area contributed by atoms with Gasteiger partial charge in [-0.3, -0.25) is 4.90 Å². The van der Waals surface area contributed by atoms with E-state index in [9.17, 15) is 0 Å². The van der Waals surface area contributed by atoms with Crippen molar-refractivity contribution in [1.82, 2.24) is 4.90 Å². The summed E-state index contributed by atoms with van der Waals surface area (Å²) in [6.45, 7) is 14.2. The van der Waals surface area contributed by atoms with E-state index in [4.69, 9.17) is 5.73 Å². The normalized spacial score (nSPS) is 19.1. The van der Waals surface area contributed by atoms with Crippen LogP contribution in [0.15, 0.2) is 24.3 Å². The lowest BCUT2D eigenvalue weighted by molar-refractivity contribution is 0.191. The van der Waals surface area contributed by atoms with Gasteiger partial charge in [0.2, 0.25) is 0 Å². The lowest BCUT2D eigenvalue weighted by atomic mass is 9.87. The van der Waals surface area contributed by atoms with Crippen molar-refractivity contribution < 1.29 is 0 Å². The number of rotatable bonds is 3. The number of piperazine rings is 1. The average molecular weight is 275 g/mol. The van der Waals surface area contributed by atoms with E-state index in [2.05, 4.69) is 61.8 Å². The molecule has 0 spiro atoms. The summed E-state index contributed by atoms with van der Waals surface area (Å²) in [5, 5.41) is 0. The van der Waals surface area contributed by atoms with Crippen LogP contribution in [0.4, 0.5) is 5.69 Å². The Morgan fingerprint density at radius 3 is 2.35 bits per heavy atom. The number of hydrogen-bond donors (Lipinski definition) is 1. The second kappa shape index (κ2) is 6.15. The van der Waals surface area contributed by atoms with E-state index < -0.39 is 0 Å². The van der Waals surface area contributed by atoms with Crippen molar-refractivity contribution in [3.63, 3.8) is 0 Å². The third-order valence-corrected chi connectivity index (χ3v) is 4.31. The minimum absolute atomic E-state index is 0.188. The van der Waals surface area contributed by atoms with Crippen LogP contribution in [0, 0.1) is 12.3 Å². The molecule has 2 N–H and O–H groups in total. The molecule has 1 aromatic rings. The van der Waals surface area contributed by atoms with Crippen molar-refractivity contribution in [2.45, 2.75) is 33.7 Å². The molecule has 1 aromatic carbocycles. The Morgan fingerprint density at radius 1 is 1.15 bits per heavy atom. The maximum atomic E-state index is 6.29. The van der Waals surface area contributed by atoms with Gasteiger partial charge in [-0.05, 0) is 30.0 Å². The molecule has 1 unspecified atom stereocenters. The summed E-state index contributed by atoms with van der Waals surface area (Å²) in [5.74, 6) is 0. The van der Waals surface area contributed by atoms with Crippen LogP contribution in [-0.2, 0) is 0 Å². The molecular weight excluding hydrogens is 246 g/mol. The minimum Gasteiger partial charge on any atom is -0.369 e. The monoisotopic (exact) mass is 275 g/mol. The van der Waals surface area contributed by atoms with Gasteiger partial charge >= 0.3 is 0 Å². The molecule has 0 aromatic heterocycles. The van der Waals surface area contributed by atoms with E-state index in [-0.39, 0.29) is 11.5 Å². The molecule has 1 fully saturated rings. The van der Waals surface area contributed by atoms with Gasteiger partial charge in [0.05, 0.1) is 0 Å². The summed E-state index contributed by atoms with van der Waals surface area (Å²) in [5.41, 5.74) is 9.16. The molecule has 1 aliphatic rings. The van der Waals surface area contributed by atoms with Gasteiger partial charge < -0.3 is 10.6 Å². The number of nitrogens with zero attached hydrogens (tertiary/aromatic N) is 2. The molecule has 3 heteroatoms. The van der Waals surface area contributed by atoms with Crippen LogP contribution in [0.25, 0.3) is 0 Å². The molecule has 0 aliphatic carbocycles. The Bertz CT molecular complexity index is 428. The quantitative estimate of drug-likeness (QED) is 0.920. The third-order valence-electron chi connectivity index (χ3n) is 4.31. The van der Waals surface area contributed by atoms with Gasteiger partial charge in [0.25, 0.3) is 0 Å². The zero-order valence-electron chi connectivity index (χ0n) is 13.4. The molecule has 1 aliphatic heterocycles. The van der Waals surface area contributed by atoms with Crippen LogP contribution in [-0.4, -0.2) is 43.7 Å². The molecule has 0 saturated carbocycles. The zero-order chi connectivity index (χ0) is 14.8. The van der Waals surface area contributed by atoms with Gasteiger partial charge in [0.1, 0.15) is 0 Å². The van der Waals surface area contributed by atoms with Crippen molar-refractivity contribution >= 4 is 5.69 Å². The highest BCUT2D eigenvalue weighted by Crippen LogP contribution is 2.20. The van der Waals surface area contributed by atoms with Crippen LogP contribution in [0.5, 0.6) is 0 Å². The van der Waals surface area contributed by atoms with Crippen LogP contribution in [0.2, 0.25) is 0 Å². The lowest BCUT2D eigenvalue weighted by Crippen LogP contribution is -2.52. The van der Waals surface area contributed by atoms with Crippen molar-refractivity contribution in [3.05, 3.63) is 29.8 Å². The summed E-state index contributed by atoms with van der Waals surface area (Å²) >= 11 is 0. The first kappa shape index (κ1) is 15.3. The Hall–Kier alpha value is -1.06. The summed E-state index contributed by atoms with van der Waals surface area (Å²) in [4.78, 5) is 4.98. The van der Waals surface area contributed by atoms with E-state index in [1.807, 2.05) is 0 Å². The van der Waals surface area contributed by atoms with Gasteiger partial charge in [-0.15, -0.1) is 0 Å². The number of benzene rings is 1. The molecule has 2 rings (SSSR count). The highest BCUT2D eigenvalue weighted by molar-refractivity contribution is 5.48. The van der Waals surface area contributed by atoms with Crippen LogP contribution in [0.1, 0.15) is 26.3 Å². The first-order valence-corrected chi connectivity index (χ1v) is 7.66. The highest BCUT2D eigenvalue weighted by Gasteiger charge is 2.25. The Balaban J connectivity index is 1.87. The van der Waals surface area contributed by atoms with Crippen molar-refractivity contribution in [1.29, 1.82) is 0 Å². The maximum Gasteiger partial charge on any atom is 0.0369 e. The fourth-order valence-corrected chi connectivity index (χ4v) is 2.57. The van der Waals surface area contributed by atoms with Crippen molar-refractivity contribution in [2.24, 2.45) is 11.1 Å². The summed E-state index contributed by atoms with van der Waals surface area (Å²) in [6, 6.07) is 9.03. The van der Waals surface area contributed by atoms with E-state index in [1.54, 1.807) is 0 Å². The predicted molar refractivity (Wildman–Crippen MR) is 87.3 cm³/mol. The minimum atomic E-state index is 0.188. The Labute approximate surface area is 123 Å². The standard InChI is InChI=1S/C17H29N3/c1-14-6-5-7-15(12-14)20-10-8-19(9-11-20)13-16(18)17(2,3)4/h5-7,12,16H,8-11,13,18H2,1-4H3. The topological polar surface area (TPSA) is 32.5 Å². The van der Waals surface area contributed by atoms with E-state index >= 15 is 0 Å². The average Bonchev–Trinajstić information content (AvgIpc) is 2.38. The first-order valence-electron chi connectivity index (χ1n) is 7.66. The molecule has 0 bridgehead atoms. The molecule has 3 nitrogen and oxygen atoms in total. The number of anilines is 1. The van der Waals surface area contributed by atoms with Crippen LogP contribution >= 0.6 is 0 Å². The first-order chi connectivity index (χ1) is 9.36. The molecule has 112 valence electrons. The van der Waals surface area contributed by atoms with E-state index in [0.717, 1.165) is 32.7 Å². The Kier molecular flexibility index (Phi) is 4.71. The SMILES string of the molecule is Cc1cccc(N2CCN(CC(N)C(C)(C)C)CC2)c1. The lowest BCUT2D eigenvalue weighted by Gasteiger charge is -2.39. The fraction of sp³-hybridized carbons (Fsp3) is 0.647. The van der Waals surface area contributed by atoms with Crippen molar-refractivity contribution in [2.75, 3.05) is 37.6 Å². The van der Waals surface area contributed by atoms with E-state index in [0.29, 0.717) is 0 Å². The van der Waals surface area contributed by atoms with Gasteiger partial charge in [-0.2, -0.15) is 0 Å². The van der Waals surface area contributed by atoms with Gasteiger partial charge in [-0.1, -0.05) is 32.9 Å². The molecule has 0 radical (unpaired) electrons. The molecule has 1 heterocycles.